The first-order chi connectivity index (χ1) is 6.84. The Morgan fingerprint density at radius 2 is 2.57 bits per heavy atom. The Labute approximate surface area is 86.7 Å². The molecule has 78 valence electrons. The van der Waals surface area contributed by atoms with Crippen LogP contribution in [0.5, 0.6) is 0 Å². The van der Waals surface area contributed by atoms with Crippen LogP contribution in [-0.2, 0) is 6.54 Å². The summed E-state index contributed by atoms with van der Waals surface area (Å²) < 4.78 is 0. The summed E-state index contributed by atoms with van der Waals surface area (Å²) in [5.74, 6) is 0. The van der Waals surface area contributed by atoms with Gasteiger partial charge in [-0.1, -0.05) is 11.3 Å². The molecular formula is C9H15N3OS. The summed E-state index contributed by atoms with van der Waals surface area (Å²) in [6, 6.07) is 0.611. The Kier molecular flexibility index (Phi) is 3.34. The van der Waals surface area contributed by atoms with Crippen LogP contribution < -0.4 is 15.5 Å². The molecule has 1 aromatic heterocycles. The van der Waals surface area contributed by atoms with E-state index in [4.69, 9.17) is 0 Å². The van der Waals surface area contributed by atoms with Crippen LogP contribution >= 0.6 is 11.3 Å². The second kappa shape index (κ2) is 4.72. The average molecular weight is 213 g/mol. The third kappa shape index (κ3) is 2.67. The molecule has 1 atom stereocenters. The van der Waals surface area contributed by atoms with E-state index >= 15 is 0 Å². The molecule has 1 aliphatic rings. The van der Waals surface area contributed by atoms with Gasteiger partial charge in [0, 0.05) is 30.2 Å². The van der Waals surface area contributed by atoms with Crippen molar-refractivity contribution in [3.05, 3.63) is 20.7 Å². The van der Waals surface area contributed by atoms with Gasteiger partial charge in [0.2, 0.25) is 0 Å². The van der Waals surface area contributed by atoms with Crippen molar-refractivity contribution >= 4 is 11.3 Å². The molecule has 1 fully saturated rings. The van der Waals surface area contributed by atoms with E-state index in [-0.39, 0.29) is 4.87 Å². The molecule has 0 saturated carbocycles. The highest BCUT2D eigenvalue weighted by molar-refractivity contribution is 7.07. The second-order valence-corrected chi connectivity index (χ2v) is 4.44. The zero-order chi connectivity index (χ0) is 9.80. The maximum Gasteiger partial charge on any atom is 0.304 e. The minimum atomic E-state index is 0.0285. The third-order valence-corrected chi connectivity index (χ3v) is 3.16. The summed E-state index contributed by atoms with van der Waals surface area (Å²) >= 11 is 1.22. The third-order valence-electron chi connectivity index (χ3n) is 2.44. The largest absolute Gasteiger partial charge is 0.315 e. The summed E-state index contributed by atoms with van der Waals surface area (Å²) in [7, 11) is 0. The minimum absolute atomic E-state index is 0.0285. The highest BCUT2D eigenvalue weighted by Crippen LogP contribution is 2.03. The van der Waals surface area contributed by atoms with Crippen molar-refractivity contribution in [2.45, 2.75) is 25.4 Å². The summed E-state index contributed by atoms with van der Waals surface area (Å²) in [4.78, 5) is 13.6. The van der Waals surface area contributed by atoms with E-state index in [1.165, 1.54) is 24.2 Å². The van der Waals surface area contributed by atoms with E-state index in [9.17, 15) is 4.79 Å². The smallest absolute Gasteiger partial charge is 0.304 e. The molecule has 3 N–H and O–H groups in total. The molecule has 14 heavy (non-hydrogen) atoms. The van der Waals surface area contributed by atoms with Crippen LogP contribution in [-0.4, -0.2) is 24.1 Å². The predicted molar refractivity (Wildman–Crippen MR) is 57.7 cm³/mol. The molecule has 1 aromatic rings. The molecular weight excluding hydrogens is 198 g/mol. The van der Waals surface area contributed by atoms with Crippen molar-refractivity contribution in [2.24, 2.45) is 0 Å². The molecule has 0 aliphatic carbocycles. The van der Waals surface area contributed by atoms with Crippen LogP contribution in [0.3, 0.4) is 0 Å². The lowest BCUT2D eigenvalue weighted by Gasteiger charge is -2.10. The van der Waals surface area contributed by atoms with Gasteiger partial charge >= 0.3 is 4.87 Å². The van der Waals surface area contributed by atoms with Crippen LogP contribution in [0.1, 0.15) is 18.5 Å². The van der Waals surface area contributed by atoms with Gasteiger partial charge in [-0.05, 0) is 19.4 Å². The quantitative estimate of drug-likeness (QED) is 0.673. The number of thiazole rings is 1. The predicted octanol–water partition coefficient (Wildman–Crippen LogP) is 0.278. The first kappa shape index (κ1) is 9.89. The Balaban J connectivity index is 1.69. The SMILES string of the molecule is O=c1[nH]c(CNCC2CCCN2)cs1. The van der Waals surface area contributed by atoms with Crippen LogP contribution in [0.25, 0.3) is 0 Å². The normalized spacial score (nSPS) is 21.6. The van der Waals surface area contributed by atoms with E-state index in [1.807, 2.05) is 5.38 Å². The number of hydrogen-bond donors (Lipinski definition) is 3. The van der Waals surface area contributed by atoms with Crippen LogP contribution in [0.15, 0.2) is 10.2 Å². The first-order valence-electron chi connectivity index (χ1n) is 4.95. The van der Waals surface area contributed by atoms with E-state index in [0.29, 0.717) is 6.04 Å². The molecule has 5 heteroatoms. The fourth-order valence-corrected chi connectivity index (χ4v) is 2.29. The number of H-pyrrole nitrogens is 1. The monoisotopic (exact) mass is 213 g/mol. The minimum Gasteiger partial charge on any atom is -0.315 e. The van der Waals surface area contributed by atoms with Gasteiger partial charge in [-0.15, -0.1) is 0 Å². The van der Waals surface area contributed by atoms with Crippen molar-refractivity contribution in [1.82, 2.24) is 15.6 Å². The Morgan fingerprint density at radius 3 is 3.21 bits per heavy atom. The Hall–Kier alpha value is -0.650. The number of aromatic nitrogens is 1. The zero-order valence-corrected chi connectivity index (χ0v) is 8.82. The molecule has 0 amide bonds. The summed E-state index contributed by atoms with van der Waals surface area (Å²) in [5.41, 5.74) is 0.984. The Morgan fingerprint density at radius 1 is 1.64 bits per heavy atom. The molecule has 0 bridgehead atoms. The van der Waals surface area contributed by atoms with Crippen molar-refractivity contribution in [1.29, 1.82) is 0 Å². The van der Waals surface area contributed by atoms with E-state index < -0.39 is 0 Å². The molecule has 0 aromatic carbocycles. The maximum absolute atomic E-state index is 10.8. The number of rotatable bonds is 4. The van der Waals surface area contributed by atoms with Gasteiger partial charge in [0.15, 0.2) is 0 Å². The Bertz CT molecular complexity index is 327. The molecule has 2 rings (SSSR count). The number of hydrogen-bond acceptors (Lipinski definition) is 4. The van der Waals surface area contributed by atoms with Crippen LogP contribution in [0.4, 0.5) is 0 Å². The van der Waals surface area contributed by atoms with Gasteiger partial charge in [-0.3, -0.25) is 4.79 Å². The maximum atomic E-state index is 10.8. The van der Waals surface area contributed by atoms with E-state index in [0.717, 1.165) is 25.3 Å². The molecule has 1 unspecified atom stereocenters. The van der Waals surface area contributed by atoms with Crippen molar-refractivity contribution in [3.63, 3.8) is 0 Å². The summed E-state index contributed by atoms with van der Waals surface area (Å²) in [6.45, 7) is 2.89. The van der Waals surface area contributed by atoms with Crippen molar-refractivity contribution < 1.29 is 0 Å². The first-order valence-corrected chi connectivity index (χ1v) is 5.83. The molecule has 1 saturated heterocycles. The second-order valence-electron chi connectivity index (χ2n) is 3.60. The number of nitrogens with one attached hydrogen (secondary N) is 3. The lowest BCUT2D eigenvalue weighted by Crippen LogP contribution is -2.33. The molecule has 4 nitrogen and oxygen atoms in total. The van der Waals surface area contributed by atoms with Gasteiger partial charge in [0.05, 0.1) is 0 Å². The van der Waals surface area contributed by atoms with Crippen LogP contribution in [0, 0.1) is 0 Å². The number of aromatic amines is 1. The highest BCUT2D eigenvalue weighted by atomic mass is 32.1. The van der Waals surface area contributed by atoms with Gasteiger partial charge in [0.1, 0.15) is 0 Å². The summed E-state index contributed by atoms with van der Waals surface area (Å²) in [5, 5.41) is 8.62. The van der Waals surface area contributed by atoms with Crippen molar-refractivity contribution in [2.75, 3.05) is 13.1 Å². The lowest BCUT2D eigenvalue weighted by molar-refractivity contribution is 0.533. The fraction of sp³-hybridized carbons (Fsp3) is 0.667. The molecule has 1 aliphatic heterocycles. The lowest BCUT2D eigenvalue weighted by atomic mass is 10.2. The fourth-order valence-electron chi connectivity index (χ4n) is 1.71. The van der Waals surface area contributed by atoms with Gasteiger partial charge in [-0.25, -0.2) is 0 Å². The zero-order valence-electron chi connectivity index (χ0n) is 8.01. The average Bonchev–Trinajstić information content (AvgIpc) is 2.77. The topological polar surface area (TPSA) is 56.9 Å². The molecule has 0 radical (unpaired) electrons. The summed E-state index contributed by atoms with van der Waals surface area (Å²) in [6.07, 6.45) is 2.54. The standard InChI is InChI=1S/C9H15N3OS/c13-9-12-8(6-14-9)5-10-4-7-2-1-3-11-7/h6-7,10-11H,1-5H2,(H,12,13). The molecule has 2 heterocycles. The van der Waals surface area contributed by atoms with E-state index in [2.05, 4.69) is 15.6 Å². The van der Waals surface area contributed by atoms with Crippen molar-refractivity contribution in [3.8, 4) is 0 Å². The van der Waals surface area contributed by atoms with Gasteiger partial charge < -0.3 is 15.6 Å². The highest BCUT2D eigenvalue weighted by Gasteiger charge is 2.12. The van der Waals surface area contributed by atoms with Crippen LogP contribution in [0.2, 0.25) is 0 Å². The van der Waals surface area contributed by atoms with Gasteiger partial charge in [-0.2, -0.15) is 0 Å². The molecule has 0 spiro atoms. The van der Waals surface area contributed by atoms with Gasteiger partial charge in [0.25, 0.3) is 0 Å². The van der Waals surface area contributed by atoms with E-state index in [1.54, 1.807) is 0 Å².